The summed E-state index contributed by atoms with van der Waals surface area (Å²) in [6.07, 6.45) is 7.79. The molecule has 4 N–H and O–H groups in total. The summed E-state index contributed by atoms with van der Waals surface area (Å²) in [5.74, 6) is 5.58. The third-order valence-corrected chi connectivity index (χ3v) is 4.88. The molecule has 0 radical (unpaired) electrons. The number of hydrogen-bond acceptors (Lipinski definition) is 5. The van der Waals surface area contributed by atoms with E-state index < -0.39 is 10.0 Å². The summed E-state index contributed by atoms with van der Waals surface area (Å²) in [5.41, 5.74) is 2.35. The highest BCUT2D eigenvalue weighted by Gasteiger charge is 2.21. The first-order chi connectivity index (χ1) is 9.12. The third kappa shape index (κ3) is 3.89. The molecular formula is C12H20N4O2S. The first-order valence-corrected chi connectivity index (χ1v) is 8.05. The highest BCUT2D eigenvalue weighted by Crippen LogP contribution is 2.20. The van der Waals surface area contributed by atoms with Crippen molar-refractivity contribution < 1.29 is 8.42 Å². The number of aromatic nitrogens is 1. The Labute approximate surface area is 113 Å². The number of nitrogens with two attached hydrogens (primary N) is 1. The molecule has 7 heteroatoms. The molecule has 1 aliphatic rings. The molecule has 1 saturated carbocycles. The van der Waals surface area contributed by atoms with Crippen LogP contribution in [0.2, 0.25) is 0 Å². The Morgan fingerprint density at radius 1 is 1.21 bits per heavy atom. The van der Waals surface area contributed by atoms with Gasteiger partial charge in [0.2, 0.25) is 10.0 Å². The summed E-state index contributed by atoms with van der Waals surface area (Å²) < 4.78 is 27.3. The van der Waals surface area contributed by atoms with Crippen LogP contribution in [0.5, 0.6) is 0 Å². The molecule has 1 fully saturated rings. The second-order valence-electron chi connectivity index (χ2n) is 4.83. The zero-order valence-corrected chi connectivity index (χ0v) is 11.6. The standard InChI is InChI=1S/C12H20N4O2S/c13-15-12-9-11(7-8-14-12)19(17,18)16-10-5-3-1-2-4-6-10/h7-10,16H,1-6,13H2,(H,14,15). The fraction of sp³-hybridized carbons (Fsp3) is 0.583. The maximum Gasteiger partial charge on any atom is 0.241 e. The predicted molar refractivity (Wildman–Crippen MR) is 73.9 cm³/mol. The number of hydrazine groups is 1. The van der Waals surface area contributed by atoms with Gasteiger partial charge in [0.05, 0.1) is 4.90 Å². The van der Waals surface area contributed by atoms with Crippen LogP contribution >= 0.6 is 0 Å². The Kier molecular flexibility index (Phi) is 4.73. The lowest BCUT2D eigenvalue weighted by Gasteiger charge is -2.16. The molecule has 106 valence electrons. The average Bonchev–Trinajstić information content (AvgIpc) is 2.67. The van der Waals surface area contributed by atoms with Crippen LogP contribution in [0.15, 0.2) is 23.2 Å². The van der Waals surface area contributed by atoms with Gasteiger partial charge in [-0.3, -0.25) is 0 Å². The fourth-order valence-corrected chi connectivity index (χ4v) is 3.66. The molecular weight excluding hydrogens is 264 g/mol. The van der Waals surface area contributed by atoms with Crippen molar-refractivity contribution in [2.24, 2.45) is 5.84 Å². The van der Waals surface area contributed by atoms with Crippen molar-refractivity contribution in [3.8, 4) is 0 Å². The zero-order chi connectivity index (χ0) is 13.7. The van der Waals surface area contributed by atoms with E-state index in [-0.39, 0.29) is 10.9 Å². The van der Waals surface area contributed by atoms with Crippen LogP contribution in [0.25, 0.3) is 0 Å². The van der Waals surface area contributed by atoms with Crippen LogP contribution in [-0.4, -0.2) is 19.4 Å². The molecule has 1 aliphatic carbocycles. The van der Waals surface area contributed by atoms with Crippen LogP contribution in [0.1, 0.15) is 38.5 Å². The molecule has 19 heavy (non-hydrogen) atoms. The summed E-state index contributed by atoms with van der Waals surface area (Å²) in [6.45, 7) is 0. The summed E-state index contributed by atoms with van der Waals surface area (Å²) in [6, 6.07) is 2.94. The molecule has 0 bridgehead atoms. The molecule has 1 aromatic heterocycles. The molecule has 0 amide bonds. The fourth-order valence-electron chi connectivity index (χ4n) is 2.34. The lowest BCUT2D eigenvalue weighted by Crippen LogP contribution is -2.34. The topological polar surface area (TPSA) is 97.1 Å². The van der Waals surface area contributed by atoms with Gasteiger partial charge in [0.1, 0.15) is 5.82 Å². The maximum atomic E-state index is 12.3. The van der Waals surface area contributed by atoms with E-state index in [2.05, 4.69) is 15.1 Å². The number of sulfonamides is 1. The summed E-state index contributed by atoms with van der Waals surface area (Å²) in [7, 11) is -3.49. The largest absolute Gasteiger partial charge is 0.308 e. The zero-order valence-electron chi connectivity index (χ0n) is 10.8. The molecule has 0 spiro atoms. The number of nitrogens with zero attached hydrogens (tertiary/aromatic N) is 1. The van der Waals surface area contributed by atoms with Crippen molar-refractivity contribution in [3.63, 3.8) is 0 Å². The Balaban J connectivity index is 2.12. The van der Waals surface area contributed by atoms with Crippen LogP contribution in [0.4, 0.5) is 5.82 Å². The molecule has 1 heterocycles. The highest BCUT2D eigenvalue weighted by molar-refractivity contribution is 7.89. The van der Waals surface area contributed by atoms with Crippen LogP contribution in [0, 0.1) is 0 Å². The lowest BCUT2D eigenvalue weighted by atomic mass is 10.1. The first kappa shape index (κ1) is 14.2. The smallest absolute Gasteiger partial charge is 0.241 e. The number of nitrogens with one attached hydrogen (secondary N) is 2. The van der Waals surface area contributed by atoms with Crippen molar-refractivity contribution in [2.45, 2.75) is 49.5 Å². The van der Waals surface area contributed by atoms with Crippen molar-refractivity contribution in [3.05, 3.63) is 18.3 Å². The van der Waals surface area contributed by atoms with E-state index in [1.54, 1.807) is 0 Å². The van der Waals surface area contributed by atoms with E-state index >= 15 is 0 Å². The molecule has 0 atom stereocenters. The van der Waals surface area contributed by atoms with Gasteiger partial charge in [-0.2, -0.15) is 0 Å². The van der Waals surface area contributed by atoms with Gasteiger partial charge in [0.15, 0.2) is 0 Å². The van der Waals surface area contributed by atoms with Crippen molar-refractivity contribution in [1.82, 2.24) is 9.71 Å². The Morgan fingerprint density at radius 2 is 1.89 bits per heavy atom. The molecule has 2 rings (SSSR count). The number of nitrogen functional groups attached to an aromatic ring is 1. The van der Waals surface area contributed by atoms with E-state index in [9.17, 15) is 8.42 Å². The van der Waals surface area contributed by atoms with Gasteiger partial charge in [0, 0.05) is 18.3 Å². The van der Waals surface area contributed by atoms with Gasteiger partial charge in [-0.25, -0.2) is 24.0 Å². The van der Waals surface area contributed by atoms with Crippen molar-refractivity contribution in [2.75, 3.05) is 5.43 Å². The third-order valence-electron chi connectivity index (χ3n) is 3.37. The predicted octanol–water partition coefficient (Wildman–Crippen LogP) is 1.37. The second kappa shape index (κ2) is 6.31. The SMILES string of the molecule is NNc1cc(S(=O)(=O)NC2CCCCCC2)ccn1. The lowest BCUT2D eigenvalue weighted by molar-refractivity contribution is 0.510. The number of anilines is 1. The Hall–Kier alpha value is -1.18. The van der Waals surface area contributed by atoms with Gasteiger partial charge >= 0.3 is 0 Å². The number of rotatable bonds is 4. The molecule has 0 unspecified atom stereocenters. The summed E-state index contributed by atoms with van der Waals surface area (Å²) in [4.78, 5) is 4.10. The van der Waals surface area contributed by atoms with E-state index in [4.69, 9.17) is 5.84 Å². The van der Waals surface area contributed by atoms with Crippen molar-refractivity contribution in [1.29, 1.82) is 0 Å². The van der Waals surface area contributed by atoms with Crippen LogP contribution in [0.3, 0.4) is 0 Å². The van der Waals surface area contributed by atoms with Gasteiger partial charge in [0.25, 0.3) is 0 Å². The maximum absolute atomic E-state index is 12.3. The van der Waals surface area contributed by atoms with Gasteiger partial charge in [-0.1, -0.05) is 25.7 Å². The van der Waals surface area contributed by atoms with Gasteiger partial charge in [-0.15, -0.1) is 0 Å². The molecule has 6 nitrogen and oxygen atoms in total. The molecule has 0 aromatic carbocycles. The van der Waals surface area contributed by atoms with Gasteiger partial charge in [-0.05, 0) is 18.9 Å². The van der Waals surface area contributed by atoms with E-state index in [0.717, 1.165) is 25.7 Å². The van der Waals surface area contributed by atoms with Crippen LogP contribution in [-0.2, 0) is 10.0 Å². The van der Waals surface area contributed by atoms with E-state index in [0.29, 0.717) is 5.82 Å². The minimum absolute atomic E-state index is 0.0370. The van der Waals surface area contributed by atoms with E-state index in [1.807, 2.05) is 0 Å². The minimum atomic E-state index is -3.49. The highest BCUT2D eigenvalue weighted by atomic mass is 32.2. The molecule has 0 saturated heterocycles. The average molecular weight is 284 g/mol. The van der Waals surface area contributed by atoms with Crippen molar-refractivity contribution >= 4 is 15.8 Å². The second-order valence-corrected chi connectivity index (χ2v) is 6.54. The summed E-state index contributed by atoms with van der Waals surface area (Å²) >= 11 is 0. The van der Waals surface area contributed by atoms with Crippen LogP contribution < -0.4 is 16.0 Å². The minimum Gasteiger partial charge on any atom is -0.308 e. The first-order valence-electron chi connectivity index (χ1n) is 6.57. The quantitative estimate of drug-likeness (QED) is 0.441. The Morgan fingerprint density at radius 3 is 2.53 bits per heavy atom. The normalized spacial score (nSPS) is 17.9. The molecule has 1 aromatic rings. The van der Waals surface area contributed by atoms with Gasteiger partial charge < -0.3 is 5.43 Å². The molecule has 0 aliphatic heterocycles. The van der Waals surface area contributed by atoms with E-state index in [1.165, 1.54) is 31.2 Å². The number of pyridine rings is 1. The summed E-state index contributed by atoms with van der Waals surface area (Å²) in [5, 5.41) is 0. The Bertz CT molecular complexity index is 510. The monoisotopic (exact) mass is 284 g/mol. The number of hydrogen-bond donors (Lipinski definition) is 3.